The second-order valence-electron chi connectivity index (χ2n) is 8.47. The summed E-state index contributed by atoms with van der Waals surface area (Å²) in [5, 5.41) is 0. The fourth-order valence-electron chi connectivity index (χ4n) is 3.10. The quantitative estimate of drug-likeness (QED) is 0.220. The molecule has 182 valence electrons. The van der Waals surface area contributed by atoms with Crippen molar-refractivity contribution in [3.8, 4) is 0 Å². The van der Waals surface area contributed by atoms with Crippen LogP contribution in [0.4, 0.5) is 26.3 Å². The summed E-state index contributed by atoms with van der Waals surface area (Å²) >= 11 is 0. The second kappa shape index (κ2) is 11.1. The van der Waals surface area contributed by atoms with E-state index in [-0.39, 0.29) is 0 Å². The number of rotatable bonds is 8. The van der Waals surface area contributed by atoms with Gasteiger partial charge in [-0.15, -0.1) is 0 Å². The van der Waals surface area contributed by atoms with E-state index in [9.17, 15) is 43.2 Å². The molecule has 0 atom stereocenters. The van der Waals surface area contributed by atoms with Gasteiger partial charge in [0.05, 0.1) is 26.7 Å². The molecule has 0 saturated heterocycles. The van der Waals surface area contributed by atoms with E-state index in [4.69, 9.17) is 0 Å². The topological polar surface area (TPSA) is 80.6 Å². The van der Waals surface area contributed by atoms with Crippen molar-refractivity contribution in [2.24, 2.45) is 22.2 Å². The molecule has 0 unspecified atom stereocenters. The SMILES string of the molecule is CC(C)C[N+](C)(CC(C)C)CC(C)C.O=S(=O)(/C=N/S(=O)(=O)C(F)(F)F)C(F)(F)F. The fraction of sp³-hybridized carbons (Fsp3) is 0.938. The van der Waals surface area contributed by atoms with Gasteiger partial charge in [-0.2, -0.15) is 39.2 Å². The minimum Gasteiger partial charge on any atom is -0.325 e. The third-order valence-electron chi connectivity index (χ3n) is 3.35. The van der Waals surface area contributed by atoms with E-state index < -0.39 is 36.4 Å². The molecule has 0 bridgehead atoms. The number of quaternary nitrogens is 1. The standard InChI is InChI=1S/C13H30N.C3HF6NO4S2/c1-11(2)8-14(7,9-12(3)4)10-13(5)6;4-2(5,6)15(11,12)1-10-16(13,14)3(7,8)9/h11-13H,8-10H2,1-7H3;1H/q+1;/b;10-1+. The van der Waals surface area contributed by atoms with Gasteiger partial charge >= 0.3 is 21.0 Å². The molecule has 0 spiro atoms. The predicted octanol–water partition coefficient (Wildman–Crippen LogP) is 4.20. The Kier molecular flexibility index (Phi) is 11.6. The van der Waals surface area contributed by atoms with Crippen LogP contribution in [0.25, 0.3) is 0 Å². The van der Waals surface area contributed by atoms with Crippen LogP contribution in [-0.4, -0.2) is 64.6 Å². The second-order valence-corrected chi connectivity index (χ2v) is 11.9. The van der Waals surface area contributed by atoms with Gasteiger partial charge in [-0.3, -0.25) is 0 Å². The van der Waals surface area contributed by atoms with Crippen molar-refractivity contribution < 1.29 is 47.7 Å². The van der Waals surface area contributed by atoms with Crippen molar-refractivity contribution in [2.75, 3.05) is 26.7 Å². The van der Waals surface area contributed by atoms with Crippen LogP contribution in [0.5, 0.6) is 0 Å². The number of halogens is 6. The molecule has 6 nitrogen and oxygen atoms in total. The number of alkyl halides is 6. The van der Waals surface area contributed by atoms with Gasteiger partial charge in [-0.25, -0.2) is 8.42 Å². The summed E-state index contributed by atoms with van der Waals surface area (Å²) in [6, 6.07) is 0. The van der Waals surface area contributed by atoms with E-state index >= 15 is 0 Å². The van der Waals surface area contributed by atoms with Crippen molar-refractivity contribution in [2.45, 2.75) is 52.6 Å². The number of hydrogen-bond donors (Lipinski definition) is 0. The lowest BCUT2D eigenvalue weighted by Gasteiger charge is -2.39. The van der Waals surface area contributed by atoms with Gasteiger partial charge in [-0.1, -0.05) is 41.5 Å². The van der Waals surface area contributed by atoms with E-state index in [1.165, 1.54) is 28.5 Å². The summed E-state index contributed by atoms with van der Waals surface area (Å²) in [5.41, 5.74) is -13.2. The molecule has 0 radical (unpaired) electrons. The highest BCUT2D eigenvalue weighted by molar-refractivity contribution is 8.06. The molecular formula is C16H31F6N2O4S2+. The fourth-order valence-corrected chi connectivity index (χ4v) is 4.25. The van der Waals surface area contributed by atoms with E-state index in [1.807, 2.05) is 0 Å². The Morgan fingerprint density at radius 1 is 0.733 bits per heavy atom. The number of hydrogen-bond acceptors (Lipinski definition) is 4. The maximum absolute atomic E-state index is 11.5. The first-order valence-corrected chi connectivity index (χ1v) is 12.0. The van der Waals surface area contributed by atoms with E-state index in [1.54, 1.807) is 0 Å². The molecule has 0 aliphatic rings. The van der Waals surface area contributed by atoms with Crippen molar-refractivity contribution in [3.63, 3.8) is 0 Å². The van der Waals surface area contributed by atoms with Crippen LogP contribution in [0.15, 0.2) is 4.40 Å². The minimum absolute atomic E-state index is 0.803. The summed E-state index contributed by atoms with van der Waals surface area (Å²) in [5.74, 6) is 2.41. The van der Waals surface area contributed by atoms with Crippen LogP contribution in [-0.2, 0) is 19.9 Å². The molecule has 0 fully saturated rings. The molecule has 0 saturated carbocycles. The van der Waals surface area contributed by atoms with E-state index in [0.29, 0.717) is 0 Å². The highest BCUT2D eigenvalue weighted by Crippen LogP contribution is 2.26. The summed E-state index contributed by atoms with van der Waals surface area (Å²) in [6.45, 7) is 17.9. The largest absolute Gasteiger partial charge is 0.518 e. The Morgan fingerprint density at radius 2 is 1.03 bits per heavy atom. The Labute approximate surface area is 174 Å². The Hall–Kier alpha value is -0.890. The van der Waals surface area contributed by atoms with Gasteiger partial charge in [0.25, 0.3) is 9.84 Å². The van der Waals surface area contributed by atoms with Gasteiger partial charge in [-0.05, 0) is 0 Å². The Bertz CT molecular complexity index is 683. The summed E-state index contributed by atoms with van der Waals surface area (Å²) < 4.78 is 112. The van der Waals surface area contributed by atoms with Gasteiger partial charge in [0.15, 0.2) is 0 Å². The average Bonchev–Trinajstić information content (AvgIpc) is 2.40. The van der Waals surface area contributed by atoms with Crippen molar-refractivity contribution in [1.29, 1.82) is 0 Å². The van der Waals surface area contributed by atoms with Gasteiger partial charge < -0.3 is 4.48 Å². The van der Waals surface area contributed by atoms with E-state index in [2.05, 4.69) is 48.6 Å². The minimum atomic E-state index is -6.30. The van der Waals surface area contributed by atoms with Crippen LogP contribution in [0, 0.1) is 17.8 Å². The zero-order valence-corrected chi connectivity index (χ0v) is 19.7. The van der Waals surface area contributed by atoms with Crippen LogP contribution in [0.2, 0.25) is 0 Å². The van der Waals surface area contributed by atoms with Gasteiger partial charge in [0.2, 0.25) is 0 Å². The number of sulfone groups is 1. The van der Waals surface area contributed by atoms with Crippen LogP contribution in [0.3, 0.4) is 0 Å². The maximum Gasteiger partial charge on any atom is 0.518 e. The molecule has 0 aromatic rings. The lowest BCUT2D eigenvalue weighted by Crippen LogP contribution is -2.50. The summed E-state index contributed by atoms with van der Waals surface area (Å²) in [7, 11) is -10.0. The Balaban J connectivity index is 0. The first kappa shape index (κ1) is 31.3. The lowest BCUT2D eigenvalue weighted by molar-refractivity contribution is -0.917. The number of sulfonamides is 1. The van der Waals surface area contributed by atoms with Crippen LogP contribution >= 0.6 is 0 Å². The number of nitrogens with zero attached hydrogens (tertiary/aromatic N) is 2. The van der Waals surface area contributed by atoms with Crippen LogP contribution in [0.1, 0.15) is 41.5 Å². The first-order valence-electron chi connectivity index (χ1n) is 8.97. The molecule has 0 heterocycles. The van der Waals surface area contributed by atoms with Crippen molar-refractivity contribution >= 4 is 25.4 Å². The molecule has 0 aliphatic heterocycles. The highest BCUT2D eigenvalue weighted by Gasteiger charge is 2.48. The maximum atomic E-state index is 11.5. The van der Waals surface area contributed by atoms with Crippen molar-refractivity contribution in [1.82, 2.24) is 0 Å². The predicted molar refractivity (Wildman–Crippen MR) is 104 cm³/mol. The molecule has 0 aromatic carbocycles. The van der Waals surface area contributed by atoms with E-state index in [0.717, 1.165) is 17.8 Å². The Morgan fingerprint density at radius 3 is 1.23 bits per heavy atom. The zero-order chi connectivity index (χ0) is 24.8. The third-order valence-corrected chi connectivity index (χ3v) is 5.48. The van der Waals surface area contributed by atoms with Crippen LogP contribution < -0.4 is 0 Å². The smallest absolute Gasteiger partial charge is 0.325 e. The summed E-state index contributed by atoms with van der Waals surface area (Å²) in [6.07, 6.45) is 0. The monoisotopic (exact) mass is 493 g/mol. The molecule has 14 heteroatoms. The van der Waals surface area contributed by atoms with Gasteiger partial charge in [0, 0.05) is 17.8 Å². The highest BCUT2D eigenvalue weighted by atomic mass is 32.2. The molecule has 0 aromatic heterocycles. The zero-order valence-electron chi connectivity index (χ0n) is 18.0. The average molecular weight is 494 g/mol. The van der Waals surface area contributed by atoms with Gasteiger partial charge in [0.1, 0.15) is 5.55 Å². The molecule has 0 N–H and O–H groups in total. The molecule has 30 heavy (non-hydrogen) atoms. The third kappa shape index (κ3) is 12.1. The molecule has 0 amide bonds. The first-order chi connectivity index (χ1) is 13.0. The molecular weight excluding hydrogens is 462 g/mol. The molecule has 0 rings (SSSR count). The normalized spacial score (nSPS) is 14.5. The molecule has 0 aliphatic carbocycles. The summed E-state index contributed by atoms with van der Waals surface area (Å²) in [4.78, 5) is 0. The lowest BCUT2D eigenvalue weighted by atomic mass is 10.1. The van der Waals surface area contributed by atoms with Crippen molar-refractivity contribution in [3.05, 3.63) is 0 Å².